The number of halogens is 1. The summed E-state index contributed by atoms with van der Waals surface area (Å²) in [5.41, 5.74) is 3.65. The van der Waals surface area contributed by atoms with Gasteiger partial charge < -0.3 is 9.88 Å². The van der Waals surface area contributed by atoms with E-state index in [0.29, 0.717) is 5.69 Å². The molecule has 2 aromatic rings. The lowest BCUT2D eigenvalue weighted by molar-refractivity contribution is 0.101. The summed E-state index contributed by atoms with van der Waals surface area (Å²) in [4.78, 5) is 12.2. The maximum absolute atomic E-state index is 12.2. The lowest BCUT2D eigenvalue weighted by Crippen LogP contribution is -2.16. The molecule has 0 bridgehead atoms. The van der Waals surface area contributed by atoms with Gasteiger partial charge in [0.05, 0.1) is 0 Å². The summed E-state index contributed by atoms with van der Waals surface area (Å²) in [6, 6.07) is 7.77. The van der Waals surface area contributed by atoms with Gasteiger partial charge in [-0.05, 0) is 47.0 Å². The van der Waals surface area contributed by atoms with Gasteiger partial charge in [-0.25, -0.2) is 0 Å². The van der Waals surface area contributed by atoms with E-state index in [-0.39, 0.29) is 5.91 Å². The fraction of sp³-hybridized carbons (Fsp3) is 0.214. The number of hydrogen-bond donors (Lipinski definition) is 1. The van der Waals surface area contributed by atoms with Crippen molar-refractivity contribution in [3.05, 3.63) is 51.8 Å². The van der Waals surface area contributed by atoms with Crippen molar-refractivity contribution in [1.82, 2.24) is 4.57 Å². The van der Waals surface area contributed by atoms with Gasteiger partial charge in [-0.2, -0.15) is 0 Å². The van der Waals surface area contributed by atoms with Crippen molar-refractivity contribution in [2.24, 2.45) is 7.05 Å². The van der Waals surface area contributed by atoms with E-state index in [1.807, 2.05) is 51.4 Å². The Morgan fingerprint density at radius 2 is 1.89 bits per heavy atom. The predicted molar refractivity (Wildman–Crippen MR) is 77.0 cm³/mol. The molecule has 1 N–H and O–H groups in total. The Bertz CT molecular complexity index is 582. The van der Waals surface area contributed by atoms with Gasteiger partial charge in [0.2, 0.25) is 0 Å². The van der Waals surface area contributed by atoms with E-state index in [0.717, 1.165) is 21.3 Å². The molecule has 1 aromatic carbocycles. The minimum Gasteiger partial charge on any atom is -0.345 e. The highest BCUT2D eigenvalue weighted by molar-refractivity contribution is 9.10. The fourth-order valence-corrected chi connectivity index (χ4v) is 2.46. The van der Waals surface area contributed by atoms with Crippen molar-refractivity contribution in [1.29, 1.82) is 0 Å². The molecule has 4 heteroatoms. The van der Waals surface area contributed by atoms with E-state index < -0.39 is 0 Å². The summed E-state index contributed by atoms with van der Waals surface area (Å²) >= 11 is 3.36. The van der Waals surface area contributed by atoms with Crippen LogP contribution in [0.3, 0.4) is 0 Å². The maximum atomic E-state index is 12.2. The Morgan fingerprint density at radius 3 is 2.39 bits per heavy atom. The normalized spacial score (nSPS) is 10.4. The molecule has 1 amide bonds. The van der Waals surface area contributed by atoms with Crippen LogP contribution >= 0.6 is 15.9 Å². The van der Waals surface area contributed by atoms with Crippen LogP contribution < -0.4 is 5.32 Å². The first-order valence-corrected chi connectivity index (χ1v) is 6.48. The highest BCUT2D eigenvalue weighted by atomic mass is 79.9. The zero-order valence-electron chi connectivity index (χ0n) is 10.6. The number of para-hydroxylation sites is 1. The molecule has 0 aliphatic rings. The summed E-state index contributed by atoms with van der Waals surface area (Å²) < 4.78 is 2.70. The van der Waals surface area contributed by atoms with Crippen LogP contribution in [-0.2, 0) is 7.05 Å². The van der Waals surface area contributed by atoms with Crippen LogP contribution in [0.25, 0.3) is 0 Å². The Morgan fingerprint density at radius 1 is 1.28 bits per heavy atom. The van der Waals surface area contributed by atoms with Crippen LogP contribution in [0, 0.1) is 13.8 Å². The van der Waals surface area contributed by atoms with Crippen molar-refractivity contribution >= 4 is 27.5 Å². The summed E-state index contributed by atoms with van der Waals surface area (Å²) in [6.07, 6.45) is 1.86. The number of carbonyl (C=O) groups is 1. The topological polar surface area (TPSA) is 34.0 Å². The average molecular weight is 307 g/mol. The monoisotopic (exact) mass is 306 g/mol. The van der Waals surface area contributed by atoms with Gasteiger partial charge in [-0.1, -0.05) is 18.2 Å². The standard InChI is InChI=1S/C14H15BrN2O/c1-9-5-4-6-10(2)13(9)16-14(18)12-7-11(15)8-17(12)3/h4-8H,1-3H3,(H,16,18). The molecule has 2 rings (SSSR count). The van der Waals surface area contributed by atoms with Crippen LogP contribution in [-0.4, -0.2) is 10.5 Å². The molecule has 18 heavy (non-hydrogen) atoms. The molecule has 1 aromatic heterocycles. The number of carbonyl (C=O) groups excluding carboxylic acids is 1. The summed E-state index contributed by atoms with van der Waals surface area (Å²) in [7, 11) is 1.85. The predicted octanol–water partition coefficient (Wildman–Crippen LogP) is 3.66. The summed E-state index contributed by atoms with van der Waals surface area (Å²) in [5.74, 6) is -0.0967. The molecule has 94 valence electrons. The molecule has 0 spiro atoms. The lowest BCUT2D eigenvalue weighted by Gasteiger charge is -2.11. The first-order valence-electron chi connectivity index (χ1n) is 5.68. The van der Waals surface area contributed by atoms with E-state index in [9.17, 15) is 4.79 Å². The zero-order chi connectivity index (χ0) is 13.3. The first-order chi connectivity index (χ1) is 8.49. The Balaban J connectivity index is 2.30. The fourth-order valence-electron chi connectivity index (χ4n) is 1.94. The van der Waals surface area contributed by atoms with Crippen LogP contribution in [0.1, 0.15) is 21.6 Å². The smallest absolute Gasteiger partial charge is 0.272 e. The highest BCUT2D eigenvalue weighted by Crippen LogP contribution is 2.21. The largest absolute Gasteiger partial charge is 0.345 e. The number of amides is 1. The molecular formula is C14H15BrN2O. The molecule has 0 saturated carbocycles. The third-order valence-electron chi connectivity index (χ3n) is 2.92. The van der Waals surface area contributed by atoms with Crippen molar-refractivity contribution in [3.8, 4) is 0 Å². The SMILES string of the molecule is Cc1cccc(C)c1NC(=O)c1cc(Br)cn1C. The van der Waals surface area contributed by atoms with Gasteiger partial charge in [0.15, 0.2) is 0 Å². The van der Waals surface area contributed by atoms with Crippen molar-refractivity contribution in [2.75, 3.05) is 5.32 Å². The number of nitrogens with one attached hydrogen (secondary N) is 1. The van der Waals surface area contributed by atoms with Gasteiger partial charge in [0, 0.05) is 23.4 Å². The quantitative estimate of drug-likeness (QED) is 0.902. The van der Waals surface area contributed by atoms with Gasteiger partial charge in [0.1, 0.15) is 5.69 Å². The molecule has 0 aliphatic carbocycles. The molecule has 1 heterocycles. The first kappa shape index (κ1) is 12.9. The van der Waals surface area contributed by atoms with E-state index in [1.165, 1.54) is 0 Å². The number of aromatic nitrogens is 1. The van der Waals surface area contributed by atoms with E-state index in [4.69, 9.17) is 0 Å². The van der Waals surface area contributed by atoms with Gasteiger partial charge in [-0.15, -0.1) is 0 Å². The summed E-state index contributed by atoms with van der Waals surface area (Å²) in [6.45, 7) is 3.98. The van der Waals surface area contributed by atoms with Crippen LogP contribution in [0.15, 0.2) is 34.9 Å². The lowest BCUT2D eigenvalue weighted by atomic mass is 10.1. The molecule has 0 saturated heterocycles. The van der Waals surface area contributed by atoms with Crippen LogP contribution in [0.4, 0.5) is 5.69 Å². The number of rotatable bonds is 2. The van der Waals surface area contributed by atoms with E-state index in [1.54, 1.807) is 4.57 Å². The second-order valence-corrected chi connectivity index (χ2v) is 5.29. The van der Waals surface area contributed by atoms with Crippen LogP contribution in [0.2, 0.25) is 0 Å². The molecule has 0 atom stereocenters. The average Bonchev–Trinajstić information content (AvgIpc) is 2.63. The third-order valence-corrected chi connectivity index (χ3v) is 3.36. The third kappa shape index (κ3) is 2.48. The Kier molecular flexibility index (Phi) is 3.57. The van der Waals surface area contributed by atoms with Crippen molar-refractivity contribution < 1.29 is 4.79 Å². The molecular weight excluding hydrogens is 292 g/mol. The minimum absolute atomic E-state index is 0.0967. The Labute approximate surface area is 115 Å². The minimum atomic E-state index is -0.0967. The molecule has 0 radical (unpaired) electrons. The zero-order valence-corrected chi connectivity index (χ0v) is 12.2. The molecule has 3 nitrogen and oxygen atoms in total. The van der Waals surface area contributed by atoms with Crippen molar-refractivity contribution in [2.45, 2.75) is 13.8 Å². The number of hydrogen-bond acceptors (Lipinski definition) is 1. The van der Waals surface area contributed by atoms with Gasteiger partial charge in [0.25, 0.3) is 5.91 Å². The molecule has 0 unspecified atom stereocenters. The van der Waals surface area contributed by atoms with Crippen LogP contribution in [0.5, 0.6) is 0 Å². The van der Waals surface area contributed by atoms with Crippen molar-refractivity contribution in [3.63, 3.8) is 0 Å². The number of aryl methyl sites for hydroxylation is 3. The van der Waals surface area contributed by atoms with E-state index >= 15 is 0 Å². The maximum Gasteiger partial charge on any atom is 0.272 e. The molecule has 0 fully saturated rings. The summed E-state index contributed by atoms with van der Waals surface area (Å²) in [5, 5.41) is 2.97. The highest BCUT2D eigenvalue weighted by Gasteiger charge is 2.13. The Hall–Kier alpha value is -1.55. The second kappa shape index (κ2) is 4.98. The number of benzene rings is 1. The number of anilines is 1. The molecule has 0 aliphatic heterocycles. The number of nitrogens with zero attached hydrogens (tertiary/aromatic N) is 1. The van der Waals surface area contributed by atoms with Gasteiger partial charge >= 0.3 is 0 Å². The van der Waals surface area contributed by atoms with E-state index in [2.05, 4.69) is 21.2 Å². The second-order valence-electron chi connectivity index (χ2n) is 4.38. The van der Waals surface area contributed by atoms with Gasteiger partial charge in [-0.3, -0.25) is 4.79 Å².